The van der Waals surface area contributed by atoms with Crippen molar-refractivity contribution in [2.75, 3.05) is 35.0 Å². The summed E-state index contributed by atoms with van der Waals surface area (Å²) in [5, 5.41) is 2.57. The van der Waals surface area contributed by atoms with Crippen molar-refractivity contribution >= 4 is 34.4 Å². The van der Waals surface area contributed by atoms with E-state index in [1.165, 1.54) is 31.4 Å². The average Bonchev–Trinajstić information content (AvgIpc) is 3.91. The van der Waals surface area contributed by atoms with Crippen molar-refractivity contribution in [1.29, 1.82) is 0 Å². The van der Waals surface area contributed by atoms with Crippen molar-refractivity contribution in [3.8, 4) is 23.0 Å². The Morgan fingerprint density at radius 2 is 1.58 bits per heavy atom. The molecule has 0 bridgehead atoms. The smallest absolute Gasteiger partial charge is 0.312 e. The first-order chi connectivity index (χ1) is 25.7. The lowest BCUT2D eigenvalue weighted by Gasteiger charge is -2.25. The van der Waals surface area contributed by atoms with Crippen molar-refractivity contribution in [1.82, 2.24) is 10.0 Å². The summed E-state index contributed by atoms with van der Waals surface area (Å²) < 4.78 is 42.6. The molecule has 1 amide bonds. The number of nitrogens with zero attached hydrogens (tertiary/aromatic N) is 2. The van der Waals surface area contributed by atoms with Gasteiger partial charge in [-0.25, -0.2) is 14.4 Å². The van der Waals surface area contributed by atoms with Crippen molar-refractivity contribution in [3.63, 3.8) is 0 Å². The largest absolute Gasteiger partial charge is 0.497 e. The Bertz CT molecular complexity index is 2100. The number of benzene rings is 4. The molecule has 1 heterocycles. The lowest BCUT2D eigenvalue weighted by Crippen LogP contribution is -2.36. The van der Waals surface area contributed by atoms with Gasteiger partial charge in [-0.05, 0) is 78.1 Å². The molecule has 0 radical (unpaired) electrons. The second kappa shape index (κ2) is 16.5. The minimum atomic E-state index is -1.21. The third kappa shape index (κ3) is 8.48. The van der Waals surface area contributed by atoms with Crippen molar-refractivity contribution in [3.05, 3.63) is 124 Å². The van der Waals surface area contributed by atoms with Crippen LogP contribution in [0, 0.1) is 17.2 Å². The van der Waals surface area contributed by atoms with Gasteiger partial charge in [0.15, 0.2) is 11.6 Å². The number of aromatic nitrogens is 1. The number of pyridine rings is 1. The molecule has 1 aliphatic carbocycles. The number of methoxy groups -OCH3 is 4. The van der Waals surface area contributed by atoms with E-state index in [0.29, 0.717) is 39.9 Å². The zero-order chi connectivity index (χ0) is 37.5. The second-order valence-electron chi connectivity index (χ2n) is 12.7. The van der Waals surface area contributed by atoms with Crippen LogP contribution in [0.3, 0.4) is 0 Å². The van der Waals surface area contributed by atoms with Crippen LogP contribution in [0.1, 0.15) is 28.7 Å². The molecule has 5 aromatic rings. The van der Waals surface area contributed by atoms with Crippen LogP contribution < -0.4 is 18.9 Å². The summed E-state index contributed by atoms with van der Waals surface area (Å²) in [6.45, 7) is 0.302. The highest BCUT2D eigenvalue weighted by Crippen LogP contribution is 2.57. The fourth-order valence-electron chi connectivity index (χ4n) is 6.52. The van der Waals surface area contributed by atoms with Crippen LogP contribution >= 0.6 is 11.6 Å². The first-order valence-electron chi connectivity index (χ1n) is 17.0. The Kier molecular flexibility index (Phi) is 11.6. The molecule has 0 aliphatic heterocycles. The van der Waals surface area contributed by atoms with Gasteiger partial charge in [-0.2, -0.15) is 0 Å². The molecule has 53 heavy (non-hydrogen) atoms. The van der Waals surface area contributed by atoms with Crippen LogP contribution in [0.25, 0.3) is 10.9 Å². The molecule has 276 valence electrons. The van der Waals surface area contributed by atoms with Crippen LogP contribution in [-0.4, -0.2) is 57.0 Å². The van der Waals surface area contributed by atoms with E-state index in [0.717, 1.165) is 22.0 Å². The molecule has 2 atom stereocenters. The number of carbonyl (C=O) groups excluding carboxylic acids is 2. The number of para-hydroxylation sites is 1. The number of fused-ring (bicyclic) bond motifs is 1. The van der Waals surface area contributed by atoms with E-state index in [-0.39, 0.29) is 38.3 Å². The fourth-order valence-corrected chi connectivity index (χ4v) is 6.75. The maximum Gasteiger partial charge on any atom is 0.312 e. The van der Waals surface area contributed by atoms with Crippen LogP contribution in [0.4, 0.5) is 4.39 Å². The van der Waals surface area contributed by atoms with Gasteiger partial charge in [-0.1, -0.05) is 48.0 Å². The number of rotatable bonds is 16. The molecule has 1 aliphatic rings. The number of hydroxylamine groups is 2. The van der Waals surface area contributed by atoms with Crippen molar-refractivity contribution in [2.45, 2.75) is 32.4 Å². The Morgan fingerprint density at radius 3 is 2.30 bits per heavy atom. The van der Waals surface area contributed by atoms with Crippen LogP contribution in [0.15, 0.2) is 91.0 Å². The molecule has 1 saturated carbocycles. The predicted octanol–water partition coefficient (Wildman–Crippen LogP) is 7.56. The van der Waals surface area contributed by atoms with Gasteiger partial charge in [0.1, 0.15) is 29.0 Å². The number of esters is 1. The highest BCUT2D eigenvalue weighted by molar-refractivity contribution is 6.29. The first-order valence-corrected chi connectivity index (χ1v) is 17.4. The first kappa shape index (κ1) is 37.4. The minimum Gasteiger partial charge on any atom is -0.497 e. The highest BCUT2D eigenvalue weighted by atomic mass is 35.5. The van der Waals surface area contributed by atoms with Crippen LogP contribution in [-0.2, 0) is 45.2 Å². The quantitative estimate of drug-likeness (QED) is 0.0576. The average molecular weight is 743 g/mol. The molecule has 12 heteroatoms. The van der Waals surface area contributed by atoms with Gasteiger partial charge in [-0.3, -0.25) is 14.4 Å². The lowest BCUT2D eigenvalue weighted by atomic mass is 9.93. The van der Waals surface area contributed by atoms with Gasteiger partial charge in [0, 0.05) is 23.4 Å². The van der Waals surface area contributed by atoms with Gasteiger partial charge in [0.2, 0.25) is 0 Å². The lowest BCUT2D eigenvalue weighted by molar-refractivity contribution is -0.198. The van der Waals surface area contributed by atoms with E-state index >= 15 is 4.39 Å². The number of ether oxygens (including phenoxy) is 5. The zero-order valence-corrected chi connectivity index (χ0v) is 30.7. The number of hydrogen-bond acceptors (Lipinski definition) is 9. The molecule has 1 aromatic heterocycles. The third-order valence-electron chi connectivity index (χ3n) is 9.48. The molecule has 0 saturated heterocycles. The zero-order valence-electron chi connectivity index (χ0n) is 29.9. The van der Waals surface area contributed by atoms with Crippen molar-refractivity contribution in [2.24, 2.45) is 11.3 Å². The standard InChI is InChI=1S/C41H40ClFN2O8/c1-48-30-13-9-26(10-14-30)25-53-45(24-29-12-15-31(49-2)21-37(29)50-3)39(46)33-23-41(33,40(47)51-4)22-27-11-16-36(34(43)19-27)52-18-17-28-20-38(42)44-35-8-6-5-7-32(28)35/h5-16,19-21,33H,17-18,22-25H2,1-4H3/t33?,41-/m0/s1. The van der Waals surface area contributed by atoms with Crippen molar-refractivity contribution < 1.29 is 42.5 Å². The summed E-state index contributed by atoms with van der Waals surface area (Å²) in [4.78, 5) is 38.1. The van der Waals surface area contributed by atoms with E-state index in [2.05, 4.69) is 4.98 Å². The molecular weight excluding hydrogens is 703 g/mol. The predicted molar refractivity (Wildman–Crippen MR) is 196 cm³/mol. The molecule has 1 unspecified atom stereocenters. The highest BCUT2D eigenvalue weighted by Gasteiger charge is 2.65. The van der Waals surface area contributed by atoms with E-state index in [1.54, 1.807) is 56.7 Å². The Hall–Kier alpha value is -5.39. The van der Waals surface area contributed by atoms with Crippen LogP contribution in [0.2, 0.25) is 5.15 Å². The second-order valence-corrected chi connectivity index (χ2v) is 13.1. The Labute approximate surface area is 312 Å². The number of amides is 1. The monoisotopic (exact) mass is 742 g/mol. The topological polar surface area (TPSA) is 106 Å². The summed E-state index contributed by atoms with van der Waals surface area (Å²) in [5.41, 5.74) is 2.48. The Balaban J connectivity index is 1.17. The normalized spacial score (nSPS) is 16.2. The molecule has 1 fully saturated rings. The fraction of sp³-hybridized carbons (Fsp3) is 0.293. The minimum absolute atomic E-state index is 0.0259. The summed E-state index contributed by atoms with van der Waals surface area (Å²) in [5.74, 6) is -0.490. The third-order valence-corrected chi connectivity index (χ3v) is 9.67. The van der Waals surface area contributed by atoms with Gasteiger partial charge in [-0.15, -0.1) is 0 Å². The maximum absolute atomic E-state index is 15.4. The Morgan fingerprint density at radius 1 is 0.849 bits per heavy atom. The summed E-state index contributed by atoms with van der Waals surface area (Å²) in [7, 11) is 5.94. The molecular formula is C41H40ClFN2O8. The van der Waals surface area contributed by atoms with E-state index < -0.39 is 29.0 Å². The molecule has 0 N–H and O–H groups in total. The van der Waals surface area contributed by atoms with Gasteiger partial charge >= 0.3 is 5.97 Å². The summed E-state index contributed by atoms with van der Waals surface area (Å²) >= 11 is 6.22. The van der Waals surface area contributed by atoms with E-state index in [4.69, 9.17) is 40.1 Å². The van der Waals surface area contributed by atoms with E-state index in [9.17, 15) is 9.59 Å². The van der Waals surface area contributed by atoms with Gasteiger partial charge in [0.05, 0.1) is 58.4 Å². The number of halogens is 2. The molecule has 10 nitrogen and oxygen atoms in total. The van der Waals surface area contributed by atoms with Gasteiger partial charge in [0.25, 0.3) is 5.91 Å². The van der Waals surface area contributed by atoms with Gasteiger partial charge < -0.3 is 23.7 Å². The number of carbonyl (C=O) groups is 2. The molecule has 4 aromatic carbocycles. The van der Waals surface area contributed by atoms with E-state index in [1.807, 2.05) is 36.4 Å². The maximum atomic E-state index is 15.4. The summed E-state index contributed by atoms with van der Waals surface area (Å²) in [6, 6.07) is 26.5. The number of hydrogen-bond donors (Lipinski definition) is 0. The van der Waals surface area contributed by atoms with Crippen LogP contribution in [0.5, 0.6) is 23.0 Å². The molecule has 6 rings (SSSR count). The SMILES string of the molecule is COC(=O)[C@@]1(Cc2ccc(OCCc3cc(Cl)nc4ccccc34)c(F)c2)CC1C(=O)N(Cc1ccc(OC)cc1OC)OCc1ccc(OC)cc1. The summed E-state index contributed by atoms with van der Waals surface area (Å²) in [6.07, 6.45) is 0.758. The molecule has 0 spiro atoms.